The first-order valence-corrected chi connectivity index (χ1v) is 10.1. The van der Waals surface area contributed by atoms with Gasteiger partial charge in [-0.2, -0.15) is 0 Å². The van der Waals surface area contributed by atoms with Gasteiger partial charge in [-0.3, -0.25) is 4.79 Å². The average Bonchev–Trinajstić information content (AvgIpc) is 2.66. The van der Waals surface area contributed by atoms with E-state index in [0.717, 1.165) is 21.4 Å². The van der Waals surface area contributed by atoms with Gasteiger partial charge in [-0.1, -0.05) is 28.1 Å². The quantitative estimate of drug-likeness (QED) is 0.373. The van der Waals surface area contributed by atoms with Crippen molar-refractivity contribution < 1.29 is 9.53 Å². The van der Waals surface area contributed by atoms with Crippen LogP contribution in [0.2, 0.25) is 0 Å². The van der Waals surface area contributed by atoms with E-state index >= 15 is 0 Å². The molecule has 0 aromatic heterocycles. The molecule has 0 saturated carbocycles. The summed E-state index contributed by atoms with van der Waals surface area (Å²) in [6, 6.07) is 19.0. The molecule has 0 fully saturated rings. The van der Waals surface area contributed by atoms with E-state index in [0.29, 0.717) is 17.0 Å². The number of rotatable bonds is 5. The van der Waals surface area contributed by atoms with Crippen LogP contribution in [0, 0.1) is 10.5 Å². The lowest BCUT2D eigenvalue weighted by atomic mass is 10.1. The van der Waals surface area contributed by atoms with Crippen molar-refractivity contribution in [1.82, 2.24) is 0 Å². The van der Waals surface area contributed by atoms with Gasteiger partial charge in [0.1, 0.15) is 5.75 Å². The van der Waals surface area contributed by atoms with E-state index in [9.17, 15) is 4.79 Å². The van der Waals surface area contributed by atoms with Crippen molar-refractivity contribution in [3.05, 3.63) is 79.8 Å². The number of benzene rings is 3. The van der Waals surface area contributed by atoms with Crippen LogP contribution in [0.1, 0.15) is 15.9 Å². The van der Waals surface area contributed by atoms with Crippen LogP contribution >= 0.6 is 38.5 Å². The molecular weight excluding hydrogens is 519 g/mol. The first-order valence-electron chi connectivity index (χ1n) is 8.25. The predicted octanol–water partition coefficient (Wildman–Crippen LogP) is 6.37. The molecule has 0 unspecified atom stereocenters. The molecule has 3 aromatic carbocycles. The molecule has 27 heavy (non-hydrogen) atoms. The molecule has 2 N–H and O–H groups in total. The van der Waals surface area contributed by atoms with Gasteiger partial charge in [0.2, 0.25) is 0 Å². The lowest BCUT2D eigenvalue weighted by molar-refractivity contribution is 0.102. The highest BCUT2D eigenvalue weighted by Crippen LogP contribution is 2.31. The van der Waals surface area contributed by atoms with Crippen molar-refractivity contribution in [2.45, 2.75) is 6.92 Å². The van der Waals surface area contributed by atoms with Gasteiger partial charge in [0, 0.05) is 13.7 Å². The predicted molar refractivity (Wildman–Crippen MR) is 122 cm³/mol. The van der Waals surface area contributed by atoms with Gasteiger partial charge in [0.05, 0.1) is 24.0 Å². The van der Waals surface area contributed by atoms with E-state index in [-0.39, 0.29) is 5.91 Å². The van der Waals surface area contributed by atoms with E-state index in [1.165, 1.54) is 3.57 Å². The third kappa shape index (κ3) is 4.81. The molecule has 0 aliphatic carbocycles. The van der Waals surface area contributed by atoms with Crippen LogP contribution in [0.4, 0.5) is 17.1 Å². The largest absolute Gasteiger partial charge is 0.496 e. The van der Waals surface area contributed by atoms with Crippen molar-refractivity contribution in [3.8, 4) is 5.75 Å². The van der Waals surface area contributed by atoms with Gasteiger partial charge in [-0.25, -0.2) is 0 Å². The molecular formula is C21H18BrIN2O2. The number of methoxy groups -OCH3 is 1. The van der Waals surface area contributed by atoms with E-state index < -0.39 is 0 Å². The second-order valence-corrected chi connectivity index (χ2v) is 8.09. The van der Waals surface area contributed by atoms with Crippen molar-refractivity contribution in [3.63, 3.8) is 0 Å². The Hall–Kier alpha value is -2.06. The Morgan fingerprint density at radius 1 is 1.00 bits per heavy atom. The summed E-state index contributed by atoms with van der Waals surface area (Å²) in [6.07, 6.45) is 0. The Labute approximate surface area is 180 Å². The van der Waals surface area contributed by atoms with Crippen LogP contribution in [-0.4, -0.2) is 13.0 Å². The topological polar surface area (TPSA) is 50.4 Å². The molecule has 138 valence electrons. The first kappa shape index (κ1) is 19.7. The average molecular weight is 537 g/mol. The zero-order chi connectivity index (χ0) is 19.4. The highest BCUT2D eigenvalue weighted by molar-refractivity contribution is 14.1. The van der Waals surface area contributed by atoms with Crippen LogP contribution < -0.4 is 15.4 Å². The summed E-state index contributed by atoms with van der Waals surface area (Å²) in [4.78, 5) is 12.8. The number of anilines is 3. The van der Waals surface area contributed by atoms with Gasteiger partial charge in [0.25, 0.3) is 5.91 Å². The second-order valence-electron chi connectivity index (χ2n) is 5.93. The molecule has 3 rings (SSSR count). The number of halogens is 2. The number of hydrogen-bond donors (Lipinski definition) is 2. The van der Waals surface area contributed by atoms with Crippen molar-refractivity contribution in [2.75, 3.05) is 17.7 Å². The van der Waals surface area contributed by atoms with Gasteiger partial charge < -0.3 is 15.4 Å². The number of hydrogen-bond acceptors (Lipinski definition) is 3. The Morgan fingerprint density at radius 2 is 1.74 bits per heavy atom. The standard InChI is InChI=1S/C21H18BrIN2O2/c1-13-11-15(23)8-10-17(13)24-19-12-14(22)7-9-18(19)25-21(26)16-5-3-4-6-20(16)27-2/h3-12,24H,1-2H3,(H,25,26). The number of nitrogens with one attached hydrogen (secondary N) is 2. The fourth-order valence-corrected chi connectivity index (χ4v) is 3.67. The zero-order valence-corrected chi connectivity index (χ0v) is 18.6. The zero-order valence-electron chi connectivity index (χ0n) is 14.8. The van der Waals surface area contributed by atoms with E-state index in [1.807, 2.05) is 42.5 Å². The third-order valence-electron chi connectivity index (χ3n) is 4.04. The molecule has 0 heterocycles. The van der Waals surface area contributed by atoms with E-state index in [2.05, 4.69) is 62.1 Å². The summed E-state index contributed by atoms with van der Waals surface area (Å²) in [6.45, 7) is 2.05. The summed E-state index contributed by atoms with van der Waals surface area (Å²) in [5.41, 5.74) is 4.09. The van der Waals surface area contributed by atoms with Crippen molar-refractivity contribution in [1.29, 1.82) is 0 Å². The van der Waals surface area contributed by atoms with Gasteiger partial charge in [-0.15, -0.1) is 0 Å². The Bertz CT molecular complexity index is 992. The summed E-state index contributed by atoms with van der Waals surface area (Å²) >= 11 is 5.79. The highest BCUT2D eigenvalue weighted by Gasteiger charge is 2.14. The molecule has 1 amide bonds. The maximum atomic E-state index is 12.8. The maximum Gasteiger partial charge on any atom is 0.259 e. The molecule has 3 aromatic rings. The third-order valence-corrected chi connectivity index (χ3v) is 5.20. The fraction of sp³-hybridized carbons (Fsp3) is 0.0952. The van der Waals surface area contributed by atoms with Crippen LogP contribution in [-0.2, 0) is 0 Å². The smallest absolute Gasteiger partial charge is 0.259 e. The fourth-order valence-electron chi connectivity index (χ4n) is 2.66. The summed E-state index contributed by atoms with van der Waals surface area (Å²) < 4.78 is 7.39. The minimum Gasteiger partial charge on any atom is -0.496 e. The monoisotopic (exact) mass is 536 g/mol. The van der Waals surface area contributed by atoms with Gasteiger partial charge >= 0.3 is 0 Å². The van der Waals surface area contributed by atoms with Gasteiger partial charge in [0.15, 0.2) is 0 Å². The minimum atomic E-state index is -0.225. The number of carbonyl (C=O) groups is 1. The van der Waals surface area contributed by atoms with Crippen LogP contribution in [0.25, 0.3) is 0 Å². The molecule has 0 aliphatic heterocycles. The molecule has 0 radical (unpaired) electrons. The molecule has 0 saturated heterocycles. The normalized spacial score (nSPS) is 10.4. The number of para-hydroxylation sites is 1. The summed E-state index contributed by atoms with van der Waals surface area (Å²) in [5.74, 6) is 0.312. The first-order chi connectivity index (χ1) is 13.0. The lowest BCUT2D eigenvalue weighted by Crippen LogP contribution is -2.14. The number of ether oxygens (including phenoxy) is 1. The second kappa shape index (κ2) is 8.75. The Balaban J connectivity index is 1.91. The number of amides is 1. The molecule has 0 atom stereocenters. The summed E-state index contributed by atoms with van der Waals surface area (Å²) in [7, 11) is 1.55. The highest BCUT2D eigenvalue weighted by atomic mass is 127. The van der Waals surface area contributed by atoms with E-state index in [1.54, 1.807) is 19.2 Å². The summed E-state index contributed by atoms with van der Waals surface area (Å²) in [5, 5.41) is 6.39. The number of aryl methyl sites for hydroxylation is 1. The lowest BCUT2D eigenvalue weighted by Gasteiger charge is -2.16. The van der Waals surface area contributed by atoms with Crippen molar-refractivity contribution >= 4 is 61.5 Å². The molecule has 4 nitrogen and oxygen atoms in total. The van der Waals surface area contributed by atoms with Crippen LogP contribution in [0.15, 0.2) is 65.1 Å². The Kier molecular flexibility index (Phi) is 6.38. The molecule has 0 spiro atoms. The Morgan fingerprint density at radius 3 is 2.48 bits per heavy atom. The number of carbonyl (C=O) groups excluding carboxylic acids is 1. The molecule has 0 aliphatic rings. The molecule has 6 heteroatoms. The van der Waals surface area contributed by atoms with E-state index in [4.69, 9.17) is 4.74 Å². The minimum absolute atomic E-state index is 0.225. The van der Waals surface area contributed by atoms with Crippen LogP contribution in [0.5, 0.6) is 5.75 Å². The maximum absolute atomic E-state index is 12.8. The SMILES string of the molecule is COc1ccccc1C(=O)Nc1ccc(Br)cc1Nc1ccc(I)cc1C. The van der Waals surface area contributed by atoms with Gasteiger partial charge in [-0.05, 0) is 83.6 Å². The molecule has 0 bridgehead atoms. The van der Waals surface area contributed by atoms with Crippen molar-refractivity contribution in [2.24, 2.45) is 0 Å². The van der Waals surface area contributed by atoms with Crippen LogP contribution in [0.3, 0.4) is 0 Å².